The van der Waals surface area contributed by atoms with Gasteiger partial charge in [0.05, 0.1) is 42.8 Å². The number of aryl methyl sites for hydroxylation is 2. The zero-order valence-corrected chi connectivity index (χ0v) is 21.6. The van der Waals surface area contributed by atoms with Gasteiger partial charge in [0.2, 0.25) is 0 Å². The average Bonchev–Trinajstić information content (AvgIpc) is 3.51. The number of hydrogen-bond acceptors (Lipinski definition) is 9. The largest absolute Gasteiger partial charge is 0.497 e. The van der Waals surface area contributed by atoms with Gasteiger partial charge >= 0.3 is 5.97 Å². The summed E-state index contributed by atoms with van der Waals surface area (Å²) in [5.41, 5.74) is 3.84. The molecule has 1 aliphatic rings. The minimum absolute atomic E-state index is 0.133. The van der Waals surface area contributed by atoms with Crippen molar-refractivity contribution in [2.75, 3.05) is 7.11 Å². The van der Waals surface area contributed by atoms with Crippen LogP contribution in [-0.4, -0.2) is 64.5 Å². The van der Waals surface area contributed by atoms with E-state index in [0.717, 1.165) is 29.8 Å². The average molecular weight is 519 g/mol. The number of aromatic nitrogens is 8. The summed E-state index contributed by atoms with van der Waals surface area (Å²) in [5, 5.41) is 30.3. The number of aliphatic carboxylic acids is 1. The molecular formula is C26H30N8O4. The summed E-state index contributed by atoms with van der Waals surface area (Å²) in [4.78, 5) is 16.1. The third kappa shape index (κ3) is 5.48. The van der Waals surface area contributed by atoms with Gasteiger partial charge in [-0.05, 0) is 72.9 Å². The van der Waals surface area contributed by atoms with Crippen molar-refractivity contribution in [2.24, 2.45) is 13.0 Å². The highest BCUT2D eigenvalue weighted by molar-refractivity contribution is 5.70. The van der Waals surface area contributed by atoms with Crippen molar-refractivity contribution in [3.05, 3.63) is 59.2 Å². The van der Waals surface area contributed by atoms with Crippen molar-refractivity contribution in [3.8, 4) is 22.9 Å². The maximum atomic E-state index is 11.4. The van der Waals surface area contributed by atoms with Gasteiger partial charge in [0.1, 0.15) is 17.2 Å². The number of carboxylic acid groups (broad SMARTS) is 1. The molecule has 1 aliphatic carbocycles. The molecule has 1 N–H and O–H groups in total. The van der Waals surface area contributed by atoms with Gasteiger partial charge in [-0.2, -0.15) is 0 Å². The van der Waals surface area contributed by atoms with Gasteiger partial charge in [0.15, 0.2) is 5.82 Å². The molecule has 0 bridgehead atoms. The number of rotatable bonds is 9. The predicted molar refractivity (Wildman–Crippen MR) is 136 cm³/mol. The number of carbonyl (C=O) groups is 1. The predicted octanol–water partition coefficient (Wildman–Crippen LogP) is 2.84. The quantitative estimate of drug-likeness (QED) is 0.351. The fourth-order valence-corrected chi connectivity index (χ4v) is 4.79. The molecule has 38 heavy (non-hydrogen) atoms. The SMILES string of the molecule is COc1cccc(Cc2nnnn2Cc2c(-c3ccc(O[C@H]4CCC[C@H](C(=O)O)C4)c(C)n3)nnn2C)c1. The van der Waals surface area contributed by atoms with E-state index in [-0.39, 0.29) is 12.0 Å². The number of nitrogens with zero attached hydrogens (tertiary/aromatic N) is 8. The lowest BCUT2D eigenvalue weighted by Crippen LogP contribution is -2.29. The van der Waals surface area contributed by atoms with Crippen LogP contribution in [0.3, 0.4) is 0 Å². The summed E-state index contributed by atoms with van der Waals surface area (Å²) in [5.74, 6) is 1.01. The minimum atomic E-state index is -0.757. The topological polar surface area (TPSA) is 143 Å². The molecule has 2 atom stereocenters. The highest BCUT2D eigenvalue weighted by atomic mass is 16.5. The molecule has 0 unspecified atom stereocenters. The van der Waals surface area contributed by atoms with Crippen LogP contribution in [0.25, 0.3) is 11.4 Å². The van der Waals surface area contributed by atoms with Gasteiger partial charge in [-0.1, -0.05) is 17.3 Å². The van der Waals surface area contributed by atoms with Crippen LogP contribution in [0.1, 0.15) is 48.5 Å². The van der Waals surface area contributed by atoms with Crippen LogP contribution in [0.4, 0.5) is 0 Å². The van der Waals surface area contributed by atoms with Crippen LogP contribution in [0.15, 0.2) is 36.4 Å². The van der Waals surface area contributed by atoms with Crippen molar-refractivity contribution in [1.82, 2.24) is 40.2 Å². The molecule has 3 aromatic heterocycles. The first kappa shape index (κ1) is 25.3. The molecule has 12 nitrogen and oxygen atoms in total. The molecule has 198 valence electrons. The molecule has 12 heteroatoms. The summed E-state index contributed by atoms with van der Waals surface area (Å²) in [6.45, 7) is 2.24. The maximum Gasteiger partial charge on any atom is 0.306 e. The Balaban J connectivity index is 1.34. The second-order valence-electron chi connectivity index (χ2n) is 9.51. The monoisotopic (exact) mass is 518 g/mol. The Hall–Kier alpha value is -4.35. The second-order valence-corrected chi connectivity index (χ2v) is 9.51. The van der Waals surface area contributed by atoms with Gasteiger partial charge in [-0.15, -0.1) is 10.2 Å². The Morgan fingerprint density at radius 2 is 2.03 bits per heavy atom. The second kappa shape index (κ2) is 11.0. The first-order valence-corrected chi connectivity index (χ1v) is 12.5. The van der Waals surface area contributed by atoms with Gasteiger partial charge in [0, 0.05) is 13.5 Å². The van der Waals surface area contributed by atoms with Crippen molar-refractivity contribution in [1.29, 1.82) is 0 Å². The molecule has 4 aromatic rings. The third-order valence-corrected chi connectivity index (χ3v) is 6.89. The Bertz CT molecular complexity index is 1430. The van der Waals surface area contributed by atoms with E-state index < -0.39 is 5.97 Å². The maximum absolute atomic E-state index is 11.4. The highest BCUT2D eigenvalue weighted by Crippen LogP contribution is 2.30. The molecule has 0 aliphatic heterocycles. The fourth-order valence-electron chi connectivity index (χ4n) is 4.79. The number of tetrazole rings is 1. The van der Waals surface area contributed by atoms with Crippen LogP contribution >= 0.6 is 0 Å². The number of methoxy groups -OCH3 is 1. The van der Waals surface area contributed by atoms with Crippen LogP contribution in [0.5, 0.6) is 11.5 Å². The van der Waals surface area contributed by atoms with Crippen molar-refractivity contribution in [2.45, 2.75) is 51.7 Å². The van der Waals surface area contributed by atoms with E-state index in [9.17, 15) is 9.90 Å². The Kier molecular flexibility index (Phi) is 7.29. The smallest absolute Gasteiger partial charge is 0.306 e. The van der Waals surface area contributed by atoms with E-state index in [1.165, 1.54) is 0 Å². The minimum Gasteiger partial charge on any atom is -0.497 e. The number of pyridine rings is 1. The zero-order chi connectivity index (χ0) is 26.6. The van der Waals surface area contributed by atoms with Crippen LogP contribution in [-0.2, 0) is 24.8 Å². The van der Waals surface area contributed by atoms with Crippen LogP contribution in [0.2, 0.25) is 0 Å². The van der Waals surface area contributed by atoms with E-state index in [1.54, 1.807) is 16.5 Å². The molecule has 0 saturated heterocycles. The summed E-state index contributed by atoms with van der Waals surface area (Å²) in [6, 6.07) is 11.5. The molecule has 0 amide bonds. The lowest BCUT2D eigenvalue weighted by molar-refractivity contribution is -0.143. The molecule has 1 aromatic carbocycles. The Morgan fingerprint density at radius 1 is 1.16 bits per heavy atom. The number of benzene rings is 1. The first-order valence-electron chi connectivity index (χ1n) is 12.5. The molecular weight excluding hydrogens is 488 g/mol. The first-order chi connectivity index (χ1) is 18.4. The summed E-state index contributed by atoms with van der Waals surface area (Å²) < 4.78 is 14.9. The number of ether oxygens (including phenoxy) is 2. The molecule has 0 radical (unpaired) electrons. The lowest BCUT2D eigenvalue weighted by atomic mass is 9.87. The molecule has 3 heterocycles. The van der Waals surface area contributed by atoms with E-state index in [1.807, 2.05) is 50.4 Å². The highest BCUT2D eigenvalue weighted by Gasteiger charge is 2.28. The molecule has 1 saturated carbocycles. The van der Waals surface area contributed by atoms with Crippen LogP contribution in [0, 0.1) is 12.8 Å². The Morgan fingerprint density at radius 3 is 2.82 bits per heavy atom. The molecule has 1 fully saturated rings. The van der Waals surface area contributed by atoms with E-state index in [4.69, 9.17) is 14.5 Å². The van der Waals surface area contributed by atoms with Gasteiger partial charge in [-0.3, -0.25) is 4.79 Å². The van der Waals surface area contributed by atoms with Crippen molar-refractivity contribution in [3.63, 3.8) is 0 Å². The third-order valence-electron chi connectivity index (χ3n) is 6.89. The van der Waals surface area contributed by atoms with Gasteiger partial charge in [0.25, 0.3) is 0 Å². The lowest BCUT2D eigenvalue weighted by Gasteiger charge is -2.27. The fraction of sp³-hybridized carbons (Fsp3) is 0.423. The van der Waals surface area contributed by atoms with Crippen molar-refractivity contribution < 1.29 is 19.4 Å². The molecule has 0 spiro atoms. The van der Waals surface area contributed by atoms with Gasteiger partial charge < -0.3 is 14.6 Å². The molecule has 5 rings (SSSR count). The Labute approximate surface area is 219 Å². The van der Waals surface area contributed by atoms with E-state index in [0.29, 0.717) is 54.5 Å². The zero-order valence-electron chi connectivity index (χ0n) is 21.6. The van der Waals surface area contributed by atoms with E-state index >= 15 is 0 Å². The summed E-state index contributed by atoms with van der Waals surface area (Å²) >= 11 is 0. The van der Waals surface area contributed by atoms with Crippen molar-refractivity contribution >= 4 is 5.97 Å². The van der Waals surface area contributed by atoms with E-state index in [2.05, 4.69) is 25.8 Å². The summed E-state index contributed by atoms with van der Waals surface area (Å²) in [7, 11) is 3.46. The normalized spacial score (nSPS) is 17.3. The number of carboxylic acids is 1. The summed E-state index contributed by atoms with van der Waals surface area (Å²) in [6.07, 6.45) is 3.29. The van der Waals surface area contributed by atoms with Gasteiger partial charge in [-0.25, -0.2) is 14.3 Å². The standard InChI is InChI=1S/C26H30N8O4/c1-16-23(38-20-9-5-7-18(14-20)26(35)36)11-10-21(27-16)25-22(33(2)31-29-25)15-34-24(28-30-32-34)13-17-6-4-8-19(12-17)37-3/h4,6,8,10-12,18,20H,5,7,9,13-15H2,1-3H3,(H,35,36)/t18-,20-/m0/s1. The number of hydrogen-bond donors (Lipinski definition) is 1. The van der Waals surface area contributed by atoms with Crippen LogP contribution < -0.4 is 9.47 Å².